The summed E-state index contributed by atoms with van der Waals surface area (Å²) in [6.45, 7) is 4.20. The number of nitrogens with zero attached hydrogens (tertiary/aromatic N) is 4. The van der Waals surface area contributed by atoms with Crippen LogP contribution in [0.1, 0.15) is 43.9 Å². The quantitative estimate of drug-likeness (QED) is 0.838. The molecule has 6 heteroatoms. The highest BCUT2D eigenvalue weighted by molar-refractivity contribution is 8.00. The van der Waals surface area contributed by atoms with E-state index in [1.165, 1.54) is 0 Å². The van der Waals surface area contributed by atoms with E-state index in [4.69, 9.17) is 0 Å². The van der Waals surface area contributed by atoms with Crippen LogP contribution in [-0.2, 0) is 4.79 Å². The summed E-state index contributed by atoms with van der Waals surface area (Å²) in [7, 11) is 0. The minimum Gasteiger partial charge on any atom is -0.333 e. The van der Waals surface area contributed by atoms with E-state index in [0.29, 0.717) is 18.5 Å². The molecule has 2 aliphatic heterocycles. The van der Waals surface area contributed by atoms with Gasteiger partial charge in [-0.1, -0.05) is 6.92 Å². The zero-order valence-corrected chi connectivity index (χ0v) is 13.4. The molecular weight excluding hydrogens is 296 g/mol. The van der Waals surface area contributed by atoms with E-state index < -0.39 is 5.41 Å². The smallest absolute Gasteiger partial charge is 0.243 e. The molecule has 5 nitrogen and oxygen atoms in total. The molecule has 3 atom stereocenters. The highest BCUT2D eigenvalue weighted by Crippen LogP contribution is 2.50. The molecule has 1 aromatic rings. The van der Waals surface area contributed by atoms with E-state index >= 15 is 0 Å². The van der Waals surface area contributed by atoms with Gasteiger partial charge in [-0.05, 0) is 19.8 Å². The van der Waals surface area contributed by atoms with Crippen molar-refractivity contribution in [3.8, 4) is 12.1 Å². The SMILES string of the molecule is CCC(C)(C#N)C(=O)N1C[C@@H]2C[C@H]1c1cncc(C#N)c1S2. The molecule has 0 aliphatic carbocycles. The first-order valence-corrected chi connectivity index (χ1v) is 8.19. The van der Waals surface area contributed by atoms with Crippen molar-refractivity contribution in [2.45, 2.75) is 42.9 Å². The van der Waals surface area contributed by atoms with Crippen LogP contribution in [0, 0.1) is 28.1 Å². The summed E-state index contributed by atoms with van der Waals surface area (Å²) in [5.41, 5.74) is 0.537. The Balaban J connectivity index is 2.01. The lowest BCUT2D eigenvalue weighted by Gasteiger charge is -2.31. The van der Waals surface area contributed by atoms with Crippen molar-refractivity contribution >= 4 is 17.7 Å². The molecule has 1 fully saturated rings. The molecule has 0 radical (unpaired) electrons. The number of rotatable bonds is 2. The van der Waals surface area contributed by atoms with Crippen LogP contribution >= 0.6 is 11.8 Å². The summed E-state index contributed by atoms with van der Waals surface area (Å²) in [4.78, 5) is 19.8. The molecule has 3 heterocycles. The van der Waals surface area contributed by atoms with Crippen LogP contribution < -0.4 is 0 Å². The third kappa shape index (κ3) is 2.07. The topological polar surface area (TPSA) is 80.8 Å². The molecule has 2 bridgehead atoms. The number of nitriles is 2. The molecule has 2 aliphatic rings. The number of fused-ring (bicyclic) bond motifs is 4. The Kier molecular flexibility index (Phi) is 3.58. The van der Waals surface area contributed by atoms with Gasteiger partial charge in [-0.3, -0.25) is 9.78 Å². The largest absolute Gasteiger partial charge is 0.333 e. The number of hydrogen-bond acceptors (Lipinski definition) is 5. The monoisotopic (exact) mass is 312 g/mol. The Morgan fingerprint density at radius 3 is 2.95 bits per heavy atom. The molecule has 1 unspecified atom stereocenters. The summed E-state index contributed by atoms with van der Waals surface area (Å²) in [6.07, 6.45) is 4.69. The Morgan fingerprint density at radius 1 is 1.55 bits per heavy atom. The van der Waals surface area contributed by atoms with Gasteiger partial charge in [0.2, 0.25) is 5.91 Å². The number of aromatic nitrogens is 1. The molecule has 112 valence electrons. The summed E-state index contributed by atoms with van der Waals surface area (Å²) >= 11 is 1.66. The number of carbonyl (C=O) groups is 1. The average Bonchev–Trinajstić information content (AvgIpc) is 2.90. The van der Waals surface area contributed by atoms with Crippen LogP contribution in [0.3, 0.4) is 0 Å². The fraction of sp³-hybridized carbons (Fsp3) is 0.500. The lowest BCUT2D eigenvalue weighted by Crippen LogP contribution is -2.41. The molecule has 3 rings (SSSR count). The molecule has 0 N–H and O–H groups in total. The molecule has 0 aromatic carbocycles. The maximum absolute atomic E-state index is 12.8. The van der Waals surface area contributed by atoms with Gasteiger partial charge in [-0.25, -0.2) is 0 Å². The predicted molar refractivity (Wildman–Crippen MR) is 81.7 cm³/mol. The van der Waals surface area contributed by atoms with Crippen molar-refractivity contribution < 1.29 is 4.79 Å². The van der Waals surface area contributed by atoms with Crippen LogP contribution in [0.25, 0.3) is 0 Å². The average molecular weight is 312 g/mol. The first-order valence-electron chi connectivity index (χ1n) is 7.31. The Morgan fingerprint density at radius 2 is 2.32 bits per heavy atom. The first-order chi connectivity index (χ1) is 10.5. The summed E-state index contributed by atoms with van der Waals surface area (Å²) in [5, 5.41) is 18.9. The second-order valence-electron chi connectivity index (χ2n) is 5.96. The molecule has 22 heavy (non-hydrogen) atoms. The zero-order chi connectivity index (χ0) is 15.9. The predicted octanol–water partition coefficient (Wildman–Crippen LogP) is 2.64. The maximum Gasteiger partial charge on any atom is 0.243 e. The minimum atomic E-state index is -0.984. The highest BCUT2D eigenvalue weighted by atomic mass is 32.2. The number of pyridine rings is 1. The molecular formula is C16H16N4OS. The lowest BCUT2D eigenvalue weighted by atomic mass is 9.87. The van der Waals surface area contributed by atoms with Crippen molar-refractivity contribution in [3.05, 3.63) is 23.5 Å². The summed E-state index contributed by atoms with van der Waals surface area (Å²) < 4.78 is 0. The molecule has 0 saturated carbocycles. The van der Waals surface area contributed by atoms with E-state index in [-0.39, 0.29) is 17.2 Å². The second kappa shape index (κ2) is 5.30. The standard InChI is InChI=1S/C16H16N4OS/c1-3-16(2,9-18)15(21)20-8-11-4-13(20)12-7-19-6-10(5-17)14(12)22-11/h6-7,11,13H,3-4,8H2,1-2H3/t11-,13-,16?/m0/s1. The number of carbonyl (C=O) groups excluding carboxylic acids is 1. The number of hydrogen-bond donors (Lipinski definition) is 0. The zero-order valence-electron chi connectivity index (χ0n) is 12.5. The summed E-state index contributed by atoms with van der Waals surface area (Å²) in [6, 6.07) is 4.29. The maximum atomic E-state index is 12.8. The number of amides is 1. The van der Waals surface area contributed by atoms with E-state index in [0.717, 1.165) is 16.9 Å². The van der Waals surface area contributed by atoms with Crippen LogP contribution in [0.2, 0.25) is 0 Å². The fourth-order valence-corrected chi connectivity index (χ4v) is 4.47. The van der Waals surface area contributed by atoms with Crippen molar-refractivity contribution in [1.82, 2.24) is 9.88 Å². The normalized spacial score (nSPS) is 24.8. The number of thioether (sulfide) groups is 1. The van der Waals surface area contributed by atoms with Crippen molar-refractivity contribution in [1.29, 1.82) is 10.5 Å². The minimum absolute atomic E-state index is 0.0613. The summed E-state index contributed by atoms with van der Waals surface area (Å²) in [5.74, 6) is -0.110. The van der Waals surface area contributed by atoms with Crippen molar-refractivity contribution in [2.24, 2.45) is 5.41 Å². The Hall–Kier alpha value is -2.05. The van der Waals surface area contributed by atoms with Crippen LogP contribution in [0.5, 0.6) is 0 Å². The van der Waals surface area contributed by atoms with E-state index in [9.17, 15) is 15.3 Å². The van der Waals surface area contributed by atoms with Gasteiger partial charge >= 0.3 is 0 Å². The highest BCUT2D eigenvalue weighted by Gasteiger charge is 2.47. The van der Waals surface area contributed by atoms with Gasteiger partial charge in [-0.2, -0.15) is 10.5 Å². The lowest BCUT2D eigenvalue weighted by molar-refractivity contribution is -0.139. The Bertz CT molecular complexity index is 720. The second-order valence-corrected chi connectivity index (χ2v) is 7.27. The van der Waals surface area contributed by atoms with Crippen molar-refractivity contribution in [3.63, 3.8) is 0 Å². The van der Waals surface area contributed by atoms with Gasteiger partial charge in [0, 0.05) is 34.6 Å². The van der Waals surface area contributed by atoms with Crippen molar-refractivity contribution in [2.75, 3.05) is 6.54 Å². The third-order valence-electron chi connectivity index (χ3n) is 4.64. The van der Waals surface area contributed by atoms with Crippen LogP contribution in [0.15, 0.2) is 17.3 Å². The van der Waals surface area contributed by atoms with Gasteiger partial charge in [0.1, 0.15) is 11.5 Å². The van der Waals surface area contributed by atoms with Gasteiger partial charge in [0.15, 0.2) is 0 Å². The first kappa shape index (κ1) is 14.9. The number of likely N-dealkylation sites (tertiary alicyclic amines) is 1. The molecule has 1 amide bonds. The van der Waals surface area contributed by atoms with Gasteiger partial charge in [0.05, 0.1) is 17.7 Å². The van der Waals surface area contributed by atoms with Gasteiger partial charge < -0.3 is 4.90 Å². The molecule has 1 saturated heterocycles. The molecule has 0 spiro atoms. The van der Waals surface area contributed by atoms with E-state index in [1.807, 2.05) is 11.8 Å². The van der Waals surface area contributed by atoms with Gasteiger partial charge in [-0.15, -0.1) is 11.8 Å². The Labute approximate surface area is 133 Å². The fourth-order valence-electron chi connectivity index (χ4n) is 3.08. The third-order valence-corrected chi connectivity index (χ3v) is 6.00. The van der Waals surface area contributed by atoms with E-state index in [1.54, 1.807) is 31.1 Å². The van der Waals surface area contributed by atoms with Crippen LogP contribution in [-0.4, -0.2) is 27.6 Å². The van der Waals surface area contributed by atoms with Gasteiger partial charge in [0.25, 0.3) is 0 Å². The van der Waals surface area contributed by atoms with E-state index in [2.05, 4.69) is 17.1 Å². The van der Waals surface area contributed by atoms with Crippen LogP contribution in [0.4, 0.5) is 0 Å². The molecule has 1 aromatic heterocycles.